The Morgan fingerprint density at radius 1 is 1.00 bits per heavy atom. The van der Waals surface area contributed by atoms with E-state index in [9.17, 15) is 19.7 Å². The molecule has 10 nitrogen and oxygen atoms in total. The lowest BCUT2D eigenvalue weighted by Crippen LogP contribution is -2.30. The van der Waals surface area contributed by atoms with Crippen molar-refractivity contribution in [1.82, 2.24) is 0 Å². The van der Waals surface area contributed by atoms with Crippen LogP contribution in [-0.2, 0) is 20.7 Å². The third kappa shape index (κ3) is 5.60. The van der Waals surface area contributed by atoms with Crippen LogP contribution in [-0.4, -0.2) is 44.2 Å². The number of amides is 1. The number of ether oxygens (including phenoxy) is 4. The monoisotopic (exact) mass is 418 g/mol. The summed E-state index contributed by atoms with van der Waals surface area (Å²) in [7, 11) is 4.35. The molecule has 0 radical (unpaired) electrons. The van der Waals surface area contributed by atoms with Gasteiger partial charge in [-0.25, -0.2) is 0 Å². The van der Waals surface area contributed by atoms with Crippen LogP contribution in [0, 0.1) is 10.1 Å². The summed E-state index contributed by atoms with van der Waals surface area (Å²) in [4.78, 5) is 34.9. The van der Waals surface area contributed by atoms with E-state index in [1.165, 1.54) is 40.4 Å². The highest BCUT2D eigenvalue weighted by Crippen LogP contribution is 2.29. The number of hydrogen-bond donors (Lipinski definition) is 1. The number of nitrogens with one attached hydrogen (secondary N) is 1. The zero-order valence-electron chi connectivity index (χ0n) is 17.0. The van der Waals surface area contributed by atoms with Gasteiger partial charge in [-0.15, -0.1) is 0 Å². The van der Waals surface area contributed by atoms with Crippen LogP contribution in [0.1, 0.15) is 12.5 Å². The van der Waals surface area contributed by atoms with E-state index in [1.807, 2.05) is 0 Å². The van der Waals surface area contributed by atoms with Crippen molar-refractivity contribution in [1.29, 1.82) is 0 Å². The first-order valence-corrected chi connectivity index (χ1v) is 8.82. The van der Waals surface area contributed by atoms with Crippen LogP contribution in [0.3, 0.4) is 0 Å². The molecular formula is C20H22N2O8. The molecule has 160 valence electrons. The highest BCUT2D eigenvalue weighted by molar-refractivity contribution is 5.96. The molecule has 1 N–H and O–H groups in total. The normalized spacial score (nSPS) is 11.2. The number of non-ortho nitro benzene ring substituents is 1. The van der Waals surface area contributed by atoms with Crippen molar-refractivity contribution in [2.75, 3.05) is 26.6 Å². The van der Waals surface area contributed by atoms with Gasteiger partial charge in [0, 0.05) is 12.1 Å². The molecule has 0 bridgehead atoms. The van der Waals surface area contributed by atoms with Crippen molar-refractivity contribution in [3.8, 4) is 17.2 Å². The summed E-state index contributed by atoms with van der Waals surface area (Å²) in [5, 5.41) is 13.4. The maximum atomic E-state index is 12.4. The van der Waals surface area contributed by atoms with Crippen molar-refractivity contribution in [3.05, 3.63) is 52.1 Å². The minimum atomic E-state index is -1.14. The second-order valence-electron chi connectivity index (χ2n) is 6.13. The Bertz CT molecular complexity index is 944. The van der Waals surface area contributed by atoms with Crippen molar-refractivity contribution in [2.45, 2.75) is 19.4 Å². The molecular weight excluding hydrogens is 396 g/mol. The molecule has 1 amide bonds. The molecule has 0 fully saturated rings. The van der Waals surface area contributed by atoms with E-state index >= 15 is 0 Å². The largest absolute Gasteiger partial charge is 0.495 e. The van der Waals surface area contributed by atoms with Gasteiger partial charge in [0.15, 0.2) is 17.6 Å². The fourth-order valence-electron chi connectivity index (χ4n) is 2.59. The molecule has 2 aromatic carbocycles. The Hall–Kier alpha value is -3.82. The first-order chi connectivity index (χ1) is 14.3. The number of benzene rings is 2. The Morgan fingerprint density at radius 2 is 1.63 bits per heavy atom. The highest BCUT2D eigenvalue weighted by Gasteiger charge is 2.21. The van der Waals surface area contributed by atoms with E-state index in [1.54, 1.807) is 18.2 Å². The van der Waals surface area contributed by atoms with E-state index in [2.05, 4.69) is 5.32 Å². The number of hydrogen-bond acceptors (Lipinski definition) is 8. The summed E-state index contributed by atoms with van der Waals surface area (Å²) >= 11 is 0. The van der Waals surface area contributed by atoms with Crippen LogP contribution >= 0.6 is 0 Å². The number of methoxy groups -OCH3 is 3. The minimum absolute atomic E-state index is 0.0852. The molecule has 2 aromatic rings. The maximum Gasteiger partial charge on any atom is 0.311 e. The summed E-state index contributed by atoms with van der Waals surface area (Å²) in [6, 6.07) is 8.75. The molecule has 0 saturated heterocycles. The average molecular weight is 418 g/mol. The van der Waals surface area contributed by atoms with Gasteiger partial charge in [0.2, 0.25) is 0 Å². The van der Waals surface area contributed by atoms with Crippen LogP contribution in [0.4, 0.5) is 11.4 Å². The van der Waals surface area contributed by atoms with Gasteiger partial charge < -0.3 is 24.3 Å². The minimum Gasteiger partial charge on any atom is -0.495 e. The predicted octanol–water partition coefficient (Wildman–Crippen LogP) is 2.73. The van der Waals surface area contributed by atoms with Crippen molar-refractivity contribution in [2.24, 2.45) is 0 Å². The zero-order chi connectivity index (χ0) is 22.3. The zero-order valence-corrected chi connectivity index (χ0v) is 17.0. The maximum absolute atomic E-state index is 12.4. The van der Waals surface area contributed by atoms with Crippen LogP contribution < -0.4 is 19.5 Å². The van der Waals surface area contributed by atoms with E-state index in [-0.39, 0.29) is 23.5 Å². The van der Waals surface area contributed by atoms with Gasteiger partial charge >= 0.3 is 5.97 Å². The standard InChI is InChI=1S/C20H22N2O8/c1-12(20(24)21-15-11-14(22(25)26)6-8-16(15)27-2)30-19(23)10-13-5-7-17(28-3)18(9-13)29-4/h5-9,11-12H,10H2,1-4H3,(H,21,24)/t12-/m0/s1. The predicted molar refractivity (Wildman–Crippen MR) is 107 cm³/mol. The number of nitro benzene ring substituents is 1. The van der Waals surface area contributed by atoms with Crippen molar-refractivity contribution >= 4 is 23.3 Å². The molecule has 10 heteroatoms. The second kappa shape index (κ2) is 10.1. The smallest absolute Gasteiger partial charge is 0.311 e. The lowest BCUT2D eigenvalue weighted by Gasteiger charge is -2.15. The molecule has 0 unspecified atom stereocenters. The molecule has 0 aromatic heterocycles. The van der Waals surface area contributed by atoms with Crippen molar-refractivity contribution in [3.63, 3.8) is 0 Å². The highest BCUT2D eigenvalue weighted by atomic mass is 16.6. The number of rotatable bonds is 9. The molecule has 0 aliphatic rings. The Kier molecular flexibility index (Phi) is 7.56. The number of esters is 1. The fourth-order valence-corrected chi connectivity index (χ4v) is 2.59. The third-order valence-corrected chi connectivity index (χ3v) is 4.13. The van der Waals surface area contributed by atoms with Gasteiger partial charge in [0.05, 0.1) is 38.4 Å². The number of carbonyl (C=O) groups is 2. The topological polar surface area (TPSA) is 126 Å². The van der Waals surface area contributed by atoms with Crippen molar-refractivity contribution < 1.29 is 33.5 Å². The fraction of sp³-hybridized carbons (Fsp3) is 0.300. The second-order valence-corrected chi connectivity index (χ2v) is 6.13. The average Bonchev–Trinajstić information content (AvgIpc) is 2.73. The van der Waals surface area contributed by atoms with E-state index in [0.717, 1.165) is 6.07 Å². The lowest BCUT2D eigenvalue weighted by atomic mass is 10.1. The Balaban J connectivity index is 2.03. The molecule has 1 atom stereocenters. The molecule has 0 aliphatic heterocycles. The summed E-state index contributed by atoms with van der Waals surface area (Å²) < 4.78 is 20.6. The summed E-state index contributed by atoms with van der Waals surface area (Å²) in [5.74, 6) is -0.0669. The molecule has 2 rings (SSSR count). The summed E-state index contributed by atoms with van der Waals surface area (Å²) in [6.07, 6.45) is -1.22. The van der Waals surface area contributed by atoms with E-state index < -0.39 is 22.9 Å². The van der Waals surface area contributed by atoms with Crippen LogP contribution in [0.25, 0.3) is 0 Å². The summed E-state index contributed by atoms with van der Waals surface area (Å²) in [5.41, 5.74) is 0.495. The Morgan fingerprint density at radius 3 is 2.23 bits per heavy atom. The lowest BCUT2D eigenvalue weighted by molar-refractivity contribution is -0.384. The first kappa shape index (κ1) is 22.5. The SMILES string of the molecule is COc1ccc([N+](=O)[O-])cc1NC(=O)[C@H](C)OC(=O)Cc1ccc(OC)c(OC)c1. The molecule has 0 spiro atoms. The third-order valence-electron chi connectivity index (χ3n) is 4.13. The van der Waals surface area contributed by atoms with Gasteiger partial charge in [-0.2, -0.15) is 0 Å². The summed E-state index contributed by atoms with van der Waals surface area (Å²) in [6.45, 7) is 1.39. The first-order valence-electron chi connectivity index (χ1n) is 8.82. The molecule has 0 aliphatic carbocycles. The number of nitro groups is 1. The van der Waals surface area contributed by atoms with Gasteiger partial charge in [-0.1, -0.05) is 6.07 Å². The van der Waals surface area contributed by atoms with E-state index in [4.69, 9.17) is 18.9 Å². The number of anilines is 1. The molecule has 30 heavy (non-hydrogen) atoms. The quantitative estimate of drug-likeness (QED) is 0.374. The van der Waals surface area contributed by atoms with Crippen LogP contribution in [0.5, 0.6) is 17.2 Å². The van der Waals surface area contributed by atoms with Gasteiger partial charge in [0.25, 0.3) is 11.6 Å². The van der Waals surface area contributed by atoms with Gasteiger partial charge in [0.1, 0.15) is 5.75 Å². The number of nitrogens with zero attached hydrogens (tertiary/aromatic N) is 1. The number of carbonyl (C=O) groups excluding carboxylic acids is 2. The van der Waals surface area contributed by atoms with Gasteiger partial charge in [-0.3, -0.25) is 19.7 Å². The molecule has 0 heterocycles. The van der Waals surface area contributed by atoms with Crippen LogP contribution in [0.2, 0.25) is 0 Å². The van der Waals surface area contributed by atoms with Crippen LogP contribution in [0.15, 0.2) is 36.4 Å². The van der Waals surface area contributed by atoms with Gasteiger partial charge in [-0.05, 0) is 30.7 Å². The molecule has 0 saturated carbocycles. The van der Waals surface area contributed by atoms with E-state index in [0.29, 0.717) is 17.1 Å². The Labute approximate surface area is 172 Å².